The van der Waals surface area contributed by atoms with Crippen LogP contribution < -0.4 is 4.74 Å². The quantitative estimate of drug-likeness (QED) is 0.851. The van der Waals surface area contributed by atoms with E-state index in [-0.39, 0.29) is 23.6 Å². The third kappa shape index (κ3) is 3.14. The normalized spacial score (nSPS) is 17.1. The van der Waals surface area contributed by atoms with Gasteiger partial charge < -0.3 is 9.64 Å². The molecule has 0 N–H and O–H groups in total. The van der Waals surface area contributed by atoms with Gasteiger partial charge in [-0.15, -0.1) is 11.3 Å². The Hall–Kier alpha value is -2.53. The van der Waals surface area contributed by atoms with Crippen molar-refractivity contribution in [3.63, 3.8) is 0 Å². The summed E-state index contributed by atoms with van der Waals surface area (Å²) in [5.41, 5.74) is 0.925. The molecule has 1 amide bonds. The SMILES string of the molecule is Cc1nc(C)c(C(=O)N2CCC(Oc3nccnc3C#N)C2)s1. The number of ether oxygens (including phenoxy) is 1. The predicted octanol–water partition coefficient (Wildman–Crippen LogP) is 1.72. The fourth-order valence-electron chi connectivity index (χ4n) is 2.53. The lowest BCUT2D eigenvalue weighted by Gasteiger charge is -2.16. The molecule has 8 heteroatoms. The van der Waals surface area contributed by atoms with Crippen LogP contribution in [0, 0.1) is 25.2 Å². The highest BCUT2D eigenvalue weighted by molar-refractivity contribution is 7.13. The predicted molar refractivity (Wildman–Crippen MR) is 83.3 cm³/mol. The Morgan fingerprint density at radius 3 is 2.91 bits per heavy atom. The van der Waals surface area contributed by atoms with Crippen LogP contribution in [-0.4, -0.2) is 45.0 Å². The van der Waals surface area contributed by atoms with Gasteiger partial charge in [-0.05, 0) is 13.8 Å². The van der Waals surface area contributed by atoms with Crippen LogP contribution in [0.4, 0.5) is 0 Å². The molecule has 0 radical (unpaired) electrons. The van der Waals surface area contributed by atoms with Gasteiger partial charge in [0, 0.05) is 25.4 Å². The molecule has 1 fully saturated rings. The molecule has 1 aliphatic heterocycles. The molecule has 0 spiro atoms. The van der Waals surface area contributed by atoms with Crippen molar-refractivity contribution in [2.24, 2.45) is 0 Å². The van der Waals surface area contributed by atoms with Crippen molar-refractivity contribution in [1.29, 1.82) is 5.26 Å². The van der Waals surface area contributed by atoms with Crippen molar-refractivity contribution in [2.45, 2.75) is 26.4 Å². The van der Waals surface area contributed by atoms with E-state index in [4.69, 9.17) is 10.00 Å². The number of nitriles is 1. The second-order valence-corrected chi connectivity index (χ2v) is 6.45. The van der Waals surface area contributed by atoms with Crippen molar-refractivity contribution in [2.75, 3.05) is 13.1 Å². The van der Waals surface area contributed by atoms with Gasteiger partial charge in [0.25, 0.3) is 11.8 Å². The number of likely N-dealkylation sites (tertiary alicyclic amines) is 1. The first kappa shape index (κ1) is 15.4. The summed E-state index contributed by atoms with van der Waals surface area (Å²) >= 11 is 1.41. The Kier molecular flexibility index (Phi) is 4.21. The van der Waals surface area contributed by atoms with Gasteiger partial charge in [0.2, 0.25) is 5.69 Å². The van der Waals surface area contributed by atoms with Gasteiger partial charge in [0.15, 0.2) is 0 Å². The molecule has 23 heavy (non-hydrogen) atoms. The maximum absolute atomic E-state index is 12.6. The fraction of sp³-hybridized carbons (Fsp3) is 0.400. The van der Waals surface area contributed by atoms with Gasteiger partial charge >= 0.3 is 0 Å². The molecular weight excluding hydrogens is 314 g/mol. The highest BCUT2D eigenvalue weighted by Gasteiger charge is 2.30. The zero-order valence-electron chi connectivity index (χ0n) is 12.8. The van der Waals surface area contributed by atoms with Gasteiger partial charge in [-0.2, -0.15) is 5.26 Å². The van der Waals surface area contributed by atoms with Gasteiger partial charge in [-0.1, -0.05) is 0 Å². The molecule has 2 aromatic heterocycles. The summed E-state index contributed by atoms with van der Waals surface area (Å²) in [5.74, 6) is 0.206. The molecule has 1 unspecified atom stereocenters. The zero-order valence-corrected chi connectivity index (χ0v) is 13.6. The Morgan fingerprint density at radius 2 is 2.22 bits per heavy atom. The van der Waals surface area contributed by atoms with Crippen LogP contribution in [0.3, 0.4) is 0 Å². The smallest absolute Gasteiger partial charge is 0.265 e. The Bertz CT molecular complexity index is 782. The minimum Gasteiger partial charge on any atom is -0.470 e. The number of thiazole rings is 1. The maximum atomic E-state index is 12.6. The van der Waals surface area contributed by atoms with Gasteiger partial charge in [0.05, 0.1) is 17.2 Å². The third-order valence-electron chi connectivity index (χ3n) is 3.58. The molecule has 0 aliphatic carbocycles. The van der Waals surface area contributed by atoms with Crippen LogP contribution in [0.1, 0.15) is 32.5 Å². The number of aryl methyl sites for hydroxylation is 2. The highest BCUT2D eigenvalue weighted by atomic mass is 32.1. The molecule has 3 rings (SSSR count). The summed E-state index contributed by atoms with van der Waals surface area (Å²) in [6.07, 6.45) is 3.45. The second-order valence-electron chi connectivity index (χ2n) is 5.25. The highest BCUT2D eigenvalue weighted by Crippen LogP contribution is 2.23. The van der Waals surface area contributed by atoms with Crippen molar-refractivity contribution in [3.05, 3.63) is 33.7 Å². The Labute approximate surface area is 137 Å². The summed E-state index contributed by atoms with van der Waals surface area (Å²) in [6, 6.07) is 1.95. The van der Waals surface area contributed by atoms with Crippen molar-refractivity contribution >= 4 is 17.2 Å². The molecule has 7 nitrogen and oxygen atoms in total. The molecule has 1 saturated heterocycles. The van der Waals surface area contributed by atoms with Crippen molar-refractivity contribution in [1.82, 2.24) is 19.9 Å². The number of carbonyl (C=O) groups is 1. The standard InChI is InChI=1S/C15H15N5O2S/c1-9-13(23-10(2)19-9)15(21)20-6-3-11(8-20)22-14-12(7-16)17-4-5-18-14/h4-5,11H,3,6,8H2,1-2H3. The second kappa shape index (κ2) is 6.30. The molecule has 2 aromatic rings. The van der Waals surface area contributed by atoms with Crippen LogP contribution in [0.2, 0.25) is 0 Å². The van der Waals surface area contributed by atoms with Gasteiger partial charge in [-0.25, -0.2) is 15.0 Å². The first-order valence-corrected chi connectivity index (χ1v) is 8.01. The van der Waals surface area contributed by atoms with E-state index < -0.39 is 0 Å². The van der Waals surface area contributed by atoms with Crippen LogP contribution in [0.15, 0.2) is 12.4 Å². The first-order valence-electron chi connectivity index (χ1n) is 7.19. The van der Waals surface area contributed by atoms with E-state index >= 15 is 0 Å². The van der Waals surface area contributed by atoms with Gasteiger partial charge in [-0.3, -0.25) is 4.79 Å². The summed E-state index contributed by atoms with van der Waals surface area (Å²) < 4.78 is 5.75. The number of hydrogen-bond acceptors (Lipinski definition) is 7. The van der Waals surface area contributed by atoms with E-state index in [1.165, 1.54) is 23.7 Å². The Morgan fingerprint density at radius 1 is 1.43 bits per heavy atom. The van der Waals surface area contributed by atoms with E-state index in [0.29, 0.717) is 24.4 Å². The number of aromatic nitrogens is 3. The minimum absolute atomic E-state index is 0.0150. The van der Waals surface area contributed by atoms with E-state index in [9.17, 15) is 4.79 Å². The molecule has 1 atom stereocenters. The fourth-order valence-corrected chi connectivity index (χ4v) is 3.42. The van der Waals surface area contributed by atoms with Crippen molar-refractivity contribution < 1.29 is 9.53 Å². The summed E-state index contributed by atoms with van der Waals surface area (Å²) in [4.78, 5) is 27.3. The topological polar surface area (TPSA) is 92.0 Å². The lowest BCUT2D eigenvalue weighted by molar-refractivity contribution is 0.0775. The molecule has 3 heterocycles. The molecule has 0 bridgehead atoms. The molecule has 118 valence electrons. The number of nitrogens with zero attached hydrogens (tertiary/aromatic N) is 5. The van der Waals surface area contributed by atoms with Crippen LogP contribution >= 0.6 is 11.3 Å². The lowest BCUT2D eigenvalue weighted by Crippen LogP contribution is -2.31. The third-order valence-corrected chi connectivity index (χ3v) is 4.64. The zero-order chi connectivity index (χ0) is 16.4. The van der Waals surface area contributed by atoms with Crippen LogP contribution in [0.5, 0.6) is 5.88 Å². The van der Waals surface area contributed by atoms with E-state index in [0.717, 1.165) is 10.7 Å². The number of amides is 1. The molecular formula is C15H15N5O2S. The van der Waals surface area contributed by atoms with E-state index in [1.54, 1.807) is 4.90 Å². The minimum atomic E-state index is -0.183. The summed E-state index contributed by atoms with van der Waals surface area (Å²) in [6.45, 7) is 4.82. The van der Waals surface area contributed by atoms with Crippen LogP contribution in [-0.2, 0) is 0 Å². The van der Waals surface area contributed by atoms with Crippen molar-refractivity contribution in [3.8, 4) is 11.9 Å². The number of rotatable bonds is 3. The molecule has 0 saturated carbocycles. The average molecular weight is 329 g/mol. The molecule has 1 aliphatic rings. The van der Waals surface area contributed by atoms with Gasteiger partial charge in [0.1, 0.15) is 17.1 Å². The average Bonchev–Trinajstić information content (AvgIpc) is 3.13. The summed E-state index contributed by atoms with van der Waals surface area (Å²) in [5, 5.41) is 9.90. The maximum Gasteiger partial charge on any atom is 0.265 e. The van der Waals surface area contributed by atoms with E-state index in [2.05, 4.69) is 15.0 Å². The monoisotopic (exact) mass is 329 g/mol. The summed E-state index contributed by atoms with van der Waals surface area (Å²) in [7, 11) is 0. The molecule has 0 aromatic carbocycles. The van der Waals surface area contributed by atoms with E-state index in [1.807, 2.05) is 19.9 Å². The van der Waals surface area contributed by atoms with Crippen LogP contribution in [0.25, 0.3) is 0 Å². The Balaban J connectivity index is 1.68. The number of carbonyl (C=O) groups excluding carboxylic acids is 1. The first-order chi connectivity index (χ1) is 11.1. The lowest BCUT2D eigenvalue weighted by atomic mass is 10.3. The number of hydrogen-bond donors (Lipinski definition) is 0. The largest absolute Gasteiger partial charge is 0.470 e.